The second-order valence-electron chi connectivity index (χ2n) is 4.88. The Kier molecular flexibility index (Phi) is 4.34. The molecule has 2 N–H and O–H groups in total. The first-order valence-corrected chi connectivity index (χ1v) is 7.30. The summed E-state index contributed by atoms with van der Waals surface area (Å²) in [7, 11) is 0. The number of amides is 1. The van der Waals surface area contributed by atoms with Crippen LogP contribution in [0.15, 0.2) is 48.8 Å². The molecule has 2 aromatic heterocycles. The van der Waals surface area contributed by atoms with Gasteiger partial charge in [0.1, 0.15) is 5.75 Å². The van der Waals surface area contributed by atoms with Crippen LogP contribution in [0.3, 0.4) is 0 Å². The van der Waals surface area contributed by atoms with Crippen molar-refractivity contribution in [2.75, 3.05) is 6.61 Å². The quantitative estimate of drug-likeness (QED) is 0.752. The summed E-state index contributed by atoms with van der Waals surface area (Å²) in [5.74, 6) is 0.402. The fourth-order valence-corrected chi connectivity index (χ4v) is 2.18. The van der Waals surface area contributed by atoms with Crippen LogP contribution in [0.1, 0.15) is 5.69 Å². The molecule has 118 valence electrons. The number of rotatable bonds is 5. The van der Waals surface area contributed by atoms with Gasteiger partial charge in [-0.15, -0.1) is 0 Å². The average Bonchev–Trinajstić information content (AvgIpc) is 2.97. The molecule has 2 heterocycles. The predicted molar refractivity (Wildman–Crippen MR) is 85.7 cm³/mol. The van der Waals surface area contributed by atoms with E-state index in [1.807, 2.05) is 0 Å². The number of nitrogens with one attached hydrogen (secondary N) is 1. The van der Waals surface area contributed by atoms with E-state index in [9.17, 15) is 9.90 Å². The third-order valence-electron chi connectivity index (χ3n) is 3.16. The van der Waals surface area contributed by atoms with Gasteiger partial charge in [-0.3, -0.25) is 4.79 Å². The van der Waals surface area contributed by atoms with Crippen LogP contribution in [-0.4, -0.2) is 27.0 Å². The van der Waals surface area contributed by atoms with Gasteiger partial charge < -0.3 is 19.6 Å². The maximum Gasteiger partial charge on any atom is 0.258 e. The summed E-state index contributed by atoms with van der Waals surface area (Å²) in [6.07, 6.45) is 3.52. The van der Waals surface area contributed by atoms with Crippen LogP contribution >= 0.6 is 11.6 Å². The Morgan fingerprint density at radius 3 is 2.83 bits per heavy atom. The third-order valence-corrected chi connectivity index (χ3v) is 3.41. The van der Waals surface area contributed by atoms with Crippen LogP contribution in [0.5, 0.6) is 11.5 Å². The lowest BCUT2D eigenvalue weighted by Gasteiger charge is -2.06. The van der Waals surface area contributed by atoms with E-state index in [1.54, 1.807) is 53.2 Å². The number of fused-ring (bicyclic) bond motifs is 1. The van der Waals surface area contributed by atoms with Crippen molar-refractivity contribution in [3.63, 3.8) is 0 Å². The fraction of sp³-hybridized carbons (Fsp3) is 0.125. The third kappa shape index (κ3) is 3.73. The van der Waals surface area contributed by atoms with Crippen molar-refractivity contribution in [2.45, 2.75) is 6.54 Å². The summed E-state index contributed by atoms with van der Waals surface area (Å²) >= 11 is 5.77. The van der Waals surface area contributed by atoms with Gasteiger partial charge in [-0.25, -0.2) is 4.98 Å². The Morgan fingerprint density at radius 1 is 1.30 bits per heavy atom. The standard InChI is InChI=1S/C16H14ClN3O3/c17-11-3-5-13(6-4-11)23-10-15(22)18-8-12-9-20-7-1-2-14(21)16(20)19-12/h1-7,9,21H,8,10H2,(H,18,22). The molecule has 0 saturated heterocycles. The zero-order valence-electron chi connectivity index (χ0n) is 12.1. The normalized spacial score (nSPS) is 10.7. The lowest BCUT2D eigenvalue weighted by Crippen LogP contribution is -2.28. The van der Waals surface area contributed by atoms with E-state index < -0.39 is 0 Å². The summed E-state index contributed by atoms with van der Waals surface area (Å²) in [5.41, 5.74) is 1.10. The lowest BCUT2D eigenvalue weighted by atomic mass is 10.3. The first-order chi connectivity index (χ1) is 11.1. The minimum atomic E-state index is -0.263. The maximum absolute atomic E-state index is 11.8. The molecule has 0 aliphatic heterocycles. The number of aromatic hydroxyl groups is 1. The SMILES string of the molecule is O=C(COc1ccc(Cl)cc1)NCc1cn2cccc(O)c2n1. The summed E-state index contributed by atoms with van der Waals surface area (Å²) in [6.45, 7) is 0.157. The van der Waals surface area contributed by atoms with Crippen molar-refractivity contribution in [3.05, 3.63) is 59.5 Å². The van der Waals surface area contributed by atoms with Crippen LogP contribution < -0.4 is 10.1 Å². The number of pyridine rings is 1. The van der Waals surface area contributed by atoms with E-state index >= 15 is 0 Å². The molecule has 0 saturated carbocycles. The summed E-state index contributed by atoms with van der Waals surface area (Å²) in [6, 6.07) is 10.0. The highest BCUT2D eigenvalue weighted by Crippen LogP contribution is 2.17. The smallest absolute Gasteiger partial charge is 0.258 e. The van der Waals surface area contributed by atoms with Crippen LogP contribution in [0.25, 0.3) is 5.65 Å². The number of imidazole rings is 1. The van der Waals surface area contributed by atoms with E-state index in [4.69, 9.17) is 16.3 Å². The largest absolute Gasteiger partial charge is 0.504 e. The van der Waals surface area contributed by atoms with Crippen molar-refractivity contribution in [2.24, 2.45) is 0 Å². The van der Waals surface area contributed by atoms with E-state index in [0.29, 0.717) is 22.1 Å². The molecular weight excluding hydrogens is 318 g/mol. The van der Waals surface area contributed by atoms with Crippen LogP contribution in [0, 0.1) is 0 Å². The molecule has 0 bridgehead atoms. The molecule has 0 fully saturated rings. The van der Waals surface area contributed by atoms with E-state index in [-0.39, 0.29) is 24.8 Å². The Labute approximate surface area is 137 Å². The molecule has 0 aliphatic rings. The molecule has 6 nitrogen and oxygen atoms in total. The van der Waals surface area contributed by atoms with Gasteiger partial charge in [0.2, 0.25) is 0 Å². The molecule has 0 radical (unpaired) electrons. The predicted octanol–water partition coefficient (Wildman–Crippen LogP) is 2.39. The van der Waals surface area contributed by atoms with Crippen LogP contribution in [0.2, 0.25) is 5.02 Å². The van der Waals surface area contributed by atoms with Gasteiger partial charge in [0.15, 0.2) is 18.0 Å². The molecule has 0 unspecified atom stereocenters. The van der Waals surface area contributed by atoms with Crippen molar-refractivity contribution in [3.8, 4) is 11.5 Å². The molecule has 1 amide bonds. The second-order valence-corrected chi connectivity index (χ2v) is 5.31. The number of aromatic nitrogens is 2. The van der Waals surface area contributed by atoms with Crippen molar-refractivity contribution < 1.29 is 14.6 Å². The maximum atomic E-state index is 11.8. The highest BCUT2D eigenvalue weighted by Gasteiger charge is 2.07. The molecule has 0 spiro atoms. The number of benzene rings is 1. The van der Waals surface area contributed by atoms with E-state index in [1.165, 1.54) is 0 Å². The highest BCUT2D eigenvalue weighted by atomic mass is 35.5. The Hall–Kier alpha value is -2.73. The number of carbonyl (C=O) groups is 1. The van der Waals surface area contributed by atoms with Crippen molar-refractivity contribution in [1.29, 1.82) is 0 Å². The zero-order valence-corrected chi connectivity index (χ0v) is 12.8. The Bertz CT molecular complexity index is 830. The Balaban J connectivity index is 1.53. The van der Waals surface area contributed by atoms with Crippen molar-refractivity contribution in [1.82, 2.24) is 14.7 Å². The van der Waals surface area contributed by atoms with Crippen LogP contribution in [0.4, 0.5) is 0 Å². The number of hydrogen-bond acceptors (Lipinski definition) is 4. The summed E-state index contributed by atoms with van der Waals surface area (Å²) in [5, 5.41) is 13.0. The number of halogens is 1. The second kappa shape index (κ2) is 6.58. The highest BCUT2D eigenvalue weighted by molar-refractivity contribution is 6.30. The van der Waals surface area contributed by atoms with E-state index in [0.717, 1.165) is 0 Å². The van der Waals surface area contributed by atoms with Crippen molar-refractivity contribution >= 4 is 23.2 Å². The molecule has 23 heavy (non-hydrogen) atoms. The van der Waals surface area contributed by atoms with Gasteiger partial charge in [0, 0.05) is 17.4 Å². The number of nitrogens with zero attached hydrogens (tertiary/aromatic N) is 2. The number of carbonyl (C=O) groups excluding carboxylic acids is 1. The van der Waals surface area contributed by atoms with Gasteiger partial charge in [0.05, 0.1) is 12.2 Å². The molecule has 1 aromatic carbocycles. The van der Waals surface area contributed by atoms with Gasteiger partial charge in [-0.05, 0) is 36.4 Å². The molecule has 7 heteroatoms. The van der Waals surface area contributed by atoms with Gasteiger partial charge in [0.25, 0.3) is 5.91 Å². The first kappa shape index (κ1) is 15.2. The summed E-state index contributed by atoms with van der Waals surface area (Å²) in [4.78, 5) is 16.0. The van der Waals surface area contributed by atoms with E-state index in [2.05, 4.69) is 10.3 Å². The first-order valence-electron chi connectivity index (χ1n) is 6.92. The molecule has 3 aromatic rings. The number of hydrogen-bond donors (Lipinski definition) is 2. The topological polar surface area (TPSA) is 75.9 Å². The fourth-order valence-electron chi connectivity index (χ4n) is 2.05. The zero-order chi connectivity index (χ0) is 16.2. The number of ether oxygens (including phenoxy) is 1. The lowest BCUT2D eigenvalue weighted by molar-refractivity contribution is -0.123. The monoisotopic (exact) mass is 331 g/mol. The Morgan fingerprint density at radius 2 is 2.09 bits per heavy atom. The minimum Gasteiger partial charge on any atom is -0.504 e. The molecule has 0 aliphatic carbocycles. The molecular formula is C16H14ClN3O3. The van der Waals surface area contributed by atoms with Gasteiger partial charge in [-0.2, -0.15) is 0 Å². The summed E-state index contributed by atoms with van der Waals surface area (Å²) < 4.78 is 7.05. The van der Waals surface area contributed by atoms with Gasteiger partial charge >= 0.3 is 0 Å². The van der Waals surface area contributed by atoms with Gasteiger partial charge in [-0.1, -0.05) is 11.6 Å². The molecule has 3 rings (SSSR count). The molecule has 0 atom stereocenters. The van der Waals surface area contributed by atoms with Crippen LogP contribution in [-0.2, 0) is 11.3 Å². The average molecular weight is 332 g/mol. The minimum absolute atomic E-state index is 0.0937.